The average Bonchev–Trinajstić information content (AvgIpc) is 2.25. The van der Waals surface area contributed by atoms with Crippen molar-refractivity contribution in [2.45, 2.75) is 27.2 Å². The molecule has 0 saturated heterocycles. The molecule has 0 radical (unpaired) electrons. The van der Waals surface area contributed by atoms with Crippen LogP contribution in [-0.2, 0) is 0 Å². The van der Waals surface area contributed by atoms with Crippen molar-refractivity contribution in [2.24, 2.45) is 0 Å². The van der Waals surface area contributed by atoms with Crippen molar-refractivity contribution in [1.29, 1.82) is 0 Å². The lowest BCUT2D eigenvalue weighted by Gasteiger charge is -2.03. The van der Waals surface area contributed by atoms with Crippen LogP contribution in [0.15, 0.2) is 24.7 Å². The SMILES string of the molecule is C/C=C(/C)c1cncnc1/C=C\CC. The van der Waals surface area contributed by atoms with Gasteiger partial charge >= 0.3 is 0 Å². The van der Waals surface area contributed by atoms with E-state index >= 15 is 0 Å². The van der Waals surface area contributed by atoms with Crippen molar-refractivity contribution in [1.82, 2.24) is 9.97 Å². The summed E-state index contributed by atoms with van der Waals surface area (Å²) in [5, 5.41) is 0. The zero-order valence-electron chi connectivity index (χ0n) is 8.99. The molecule has 14 heavy (non-hydrogen) atoms. The Kier molecular flexibility index (Phi) is 4.05. The number of allylic oxidation sites excluding steroid dienone is 3. The van der Waals surface area contributed by atoms with Gasteiger partial charge < -0.3 is 0 Å². The van der Waals surface area contributed by atoms with Crippen LogP contribution >= 0.6 is 0 Å². The monoisotopic (exact) mass is 188 g/mol. The van der Waals surface area contributed by atoms with E-state index in [2.05, 4.69) is 36.0 Å². The van der Waals surface area contributed by atoms with Crippen LogP contribution in [0.1, 0.15) is 38.4 Å². The molecule has 0 aliphatic rings. The molecule has 2 heteroatoms. The molecule has 1 aromatic heterocycles. The van der Waals surface area contributed by atoms with Crippen LogP contribution in [0.2, 0.25) is 0 Å². The van der Waals surface area contributed by atoms with E-state index in [4.69, 9.17) is 0 Å². The minimum atomic E-state index is 0.998. The summed E-state index contributed by atoms with van der Waals surface area (Å²) in [7, 11) is 0. The highest BCUT2D eigenvalue weighted by Crippen LogP contribution is 2.16. The molecule has 0 unspecified atom stereocenters. The molecule has 0 aliphatic heterocycles. The molecule has 0 spiro atoms. The third-order valence-electron chi connectivity index (χ3n) is 2.11. The molecule has 0 amide bonds. The summed E-state index contributed by atoms with van der Waals surface area (Å²) in [5.41, 5.74) is 3.32. The first-order chi connectivity index (χ1) is 6.79. The predicted octanol–water partition coefficient (Wildman–Crippen LogP) is 3.32. The van der Waals surface area contributed by atoms with Gasteiger partial charge in [0.1, 0.15) is 6.33 Å². The van der Waals surface area contributed by atoms with Crippen LogP contribution in [0.5, 0.6) is 0 Å². The third kappa shape index (κ3) is 2.52. The fraction of sp³-hybridized carbons (Fsp3) is 0.333. The van der Waals surface area contributed by atoms with Gasteiger partial charge in [-0.25, -0.2) is 9.97 Å². The molecule has 0 fully saturated rings. The lowest BCUT2D eigenvalue weighted by atomic mass is 10.1. The Morgan fingerprint density at radius 2 is 2.29 bits per heavy atom. The van der Waals surface area contributed by atoms with Gasteiger partial charge in [-0.1, -0.05) is 19.1 Å². The minimum absolute atomic E-state index is 0.998. The second-order valence-electron chi connectivity index (χ2n) is 3.10. The van der Waals surface area contributed by atoms with E-state index in [1.165, 1.54) is 5.57 Å². The molecule has 0 aromatic carbocycles. The van der Waals surface area contributed by atoms with Crippen molar-refractivity contribution in [3.63, 3.8) is 0 Å². The van der Waals surface area contributed by atoms with Crippen molar-refractivity contribution >= 4 is 11.6 Å². The van der Waals surface area contributed by atoms with E-state index in [9.17, 15) is 0 Å². The zero-order chi connectivity index (χ0) is 10.4. The standard InChI is InChI=1S/C12H16N2/c1-4-6-7-12-11(10(3)5-2)8-13-9-14-12/h5-9H,4H2,1-3H3/b7-6-,10-5-. The Hall–Kier alpha value is -1.44. The molecular formula is C12H16N2. The van der Waals surface area contributed by atoms with Crippen LogP contribution < -0.4 is 0 Å². The van der Waals surface area contributed by atoms with E-state index in [1.807, 2.05) is 19.2 Å². The molecule has 1 heterocycles. The van der Waals surface area contributed by atoms with Crippen molar-refractivity contribution < 1.29 is 0 Å². The predicted molar refractivity (Wildman–Crippen MR) is 60.7 cm³/mol. The Bertz CT molecular complexity index is 351. The molecule has 1 rings (SSSR count). The van der Waals surface area contributed by atoms with Crippen LogP contribution in [0.25, 0.3) is 11.6 Å². The maximum Gasteiger partial charge on any atom is 0.116 e. The van der Waals surface area contributed by atoms with Crippen LogP contribution in [0, 0.1) is 0 Å². The number of hydrogen-bond acceptors (Lipinski definition) is 2. The van der Waals surface area contributed by atoms with Gasteiger partial charge in [-0.15, -0.1) is 0 Å². The molecule has 1 aromatic rings. The number of hydrogen-bond donors (Lipinski definition) is 0. The van der Waals surface area contributed by atoms with Gasteiger partial charge in [0, 0.05) is 11.8 Å². The Morgan fingerprint density at radius 1 is 1.50 bits per heavy atom. The third-order valence-corrected chi connectivity index (χ3v) is 2.11. The fourth-order valence-electron chi connectivity index (χ4n) is 1.16. The van der Waals surface area contributed by atoms with E-state index in [0.29, 0.717) is 0 Å². The summed E-state index contributed by atoms with van der Waals surface area (Å²) in [4.78, 5) is 8.28. The second-order valence-corrected chi connectivity index (χ2v) is 3.10. The fourth-order valence-corrected chi connectivity index (χ4v) is 1.16. The first kappa shape index (κ1) is 10.6. The summed E-state index contributed by atoms with van der Waals surface area (Å²) in [5.74, 6) is 0. The van der Waals surface area contributed by atoms with Gasteiger partial charge in [-0.3, -0.25) is 0 Å². The molecule has 74 valence electrons. The van der Waals surface area contributed by atoms with E-state index in [0.717, 1.165) is 17.7 Å². The smallest absolute Gasteiger partial charge is 0.116 e. The first-order valence-corrected chi connectivity index (χ1v) is 4.89. The number of aromatic nitrogens is 2. The minimum Gasteiger partial charge on any atom is -0.244 e. The zero-order valence-corrected chi connectivity index (χ0v) is 8.99. The summed E-state index contributed by atoms with van der Waals surface area (Å²) >= 11 is 0. The van der Waals surface area contributed by atoms with Crippen molar-refractivity contribution in [3.8, 4) is 0 Å². The lowest BCUT2D eigenvalue weighted by molar-refractivity contribution is 1.13. The first-order valence-electron chi connectivity index (χ1n) is 4.89. The highest BCUT2D eigenvalue weighted by atomic mass is 14.8. The molecule has 0 saturated carbocycles. The van der Waals surface area contributed by atoms with Gasteiger partial charge in [-0.05, 0) is 31.9 Å². The summed E-state index contributed by atoms with van der Waals surface area (Å²) in [6.07, 6.45) is 10.7. The van der Waals surface area contributed by atoms with Crippen molar-refractivity contribution in [2.75, 3.05) is 0 Å². The number of rotatable bonds is 3. The summed E-state index contributed by atoms with van der Waals surface area (Å²) < 4.78 is 0. The topological polar surface area (TPSA) is 25.8 Å². The van der Waals surface area contributed by atoms with Gasteiger partial charge in [0.25, 0.3) is 0 Å². The molecule has 0 atom stereocenters. The molecule has 0 aliphatic carbocycles. The Labute approximate surface area is 85.4 Å². The van der Waals surface area contributed by atoms with Crippen LogP contribution in [0.3, 0.4) is 0 Å². The highest BCUT2D eigenvalue weighted by molar-refractivity contribution is 5.70. The van der Waals surface area contributed by atoms with Gasteiger partial charge in [0.15, 0.2) is 0 Å². The van der Waals surface area contributed by atoms with Gasteiger partial charge in [0.05, 0.1) is 5.69 Å². The van der Waals surface area contributed by atoms with Crippen LogP contribution in [0.4, 0.5) is 0 Å². The van der Waals surface area contributed by atoms with Crippen molar-refractivity contribution in [3.05, 3.63) is 35.9 Å². The van der Waals surface area contributed by atoms with Crippen LogP contribution in [-0.4, -0.2) is 9.97 Å². The Morgan fingerprint density at radius 3 is 2.93 bits per heavy atom. The van der Waals surface area contributed by atoms with Gasteiger partial charge in [-0.2, -0.15) is 0 Å². The largest absolute Gasteiger partial charge is 0.244 e. The molecule has 2 nitrogen and oxygen atoms in total. The van der Waals surface area contributed by atoms with E-state index in [1.54, 1.807) is 6.33 Å². The Balaban J connectivity index is 3.09. The molecule has 0 N–H and O–H groups in total. The maximum atomic E-state index is 4.25. The highest BCUT2D eigenvalue weighted by Gasteiger charge is 2.01. The van der Waals surface area contributed by atoms with E-state index in [-0.39, 0.29) is 0 Å². The normalized spacial score (nSPS) is 12.4. The van der Waals surface area contributed by atoms with E-state index < -0.39 is 0 Å². The second kappa shape index (κ2) is 5.32. The maximum absolute atomic E-state index is 4.25. The lowest BCUT2D eigenvalue weighted by Crippen LogP contribution is -1.91. The quantitative estimate of drug-likeness (QED) is 0.727. The number of nitrogens with zero attached hydrogens (tertiary/aromatic N) is 2. The summed E-state index contributed by atoms with van der Waals surface area (Å²) in [6, 6.07) is 0. The summed E-state index contributed by atoms with van der Waals surface area (Å²) in [6.45, 7) is 6.21. The average molecular weight is 188 g/mol. The molecular weight excluding hydrogens is 172 g/mol. The molecule has 0 bridgehead atoms. The van der Waals surface area contributed by atoms with Gasteiger partial charge in [0.2, 0.25) is 0 Å².